The number of benzene rings is 1. The van der Waals surface area contributed by atoms with E-state index in [9.17, 15) is 13.2 Å². The van der Waals surface area contributed by atoms with Gasteiger partial charge in [-0.25, -0.2) is 8.42 Å². The van der Waals surface area contributed by atoms with E-state index in [-0.39, 0.29) is 11.9 Å². The minimum atomic E-state index is -3.73. The van der Waals surface area contributed by atoms with Gasteiger partial charge in [0.1, 0.15) is 22.0 Å². The molecule has 1 unspecified atom stereocenters. The van der Waals surface area contributed by atoms with Crippen molar-refractivity contribution in [1.82, 2.24) is 5.32 Å². The fourth-order valence-electron chi connectivity index (χ4n) is 2.45. The van der Waals surface area contributed by atoms with Crippen molar-refractivity contribution >= 4 is 15.7 Å². The number of para-hydroxylation sites is 1. The number of amides is 1. The third-order valence-corrected chi connectivity index (χ3v) is 6.80. The third-order valence-electron chi connectivity index (χ3n) is 4.50. The predicted molar refractivity (Wildman–Crippen MR) is 88.8 cm³/mol. The summed E-state index contributed by atoms with van der Waals surface area (Å²) in [6, 6.07) is 7.49. The van der Waals surface area contributed by atoms with Gasteiger partial charge >= 0.3 is 0 Å². The molecule has 3 N–H and O–H groups in total. The maximum atomic E-state index is 12.4. The first-order chi connectivity index (χ1) is 10.5. The molecule has 0 bridgehead atoms. The number of nitrogens with one attached hydrogen (secondary N) is 1. The maximum absolute atomic E-state index is 12.4. The van der Waals surface area contributed by atoms with Crippen LogP contribution >= 0.6 is 0 Å². The second kappa shape index (κ2) is 5.79. The third kappa shape index (κ3) is 3.35. The van der Waals surface area contributed by atoms with Crippen molar-refractivity contribution < 1.29 is 17.9 Å². The molecule has 0 radical (unpaired) electrons. The van der Waals surface area contributed by atoms with Gasteiger partial charge in [0.15, 0.2) is 9.84 Å². The highest BCUT2D eigenvalue weighted by atomic mass is 32.2. The predicted octanol–water partition coefficient (Wildman–Crippen LogP) is 0.994. The van der Waals surface area contributed by atoms with Gasteiger partial charge in [0.05, 0.1) is 6.04 Å². The van der Waals surface area contributed by atoms with E-state index >= 15 is 0 Å². The van der Waals surface area contributed by atoms with Crippen LogP contribution in [0.4, 0.5) is 0 Å². The van der Waals surface area contributed by atoms with Gasteiger partial charge in [-0.05, 0) is 45.7 Å². The number of carbonyl (C=O) groups excluding carboxylic acids is 1. The molecular weight excluding hydrogens is 316 g/mol. The summed E-state index contributed by atoms with van der Waals surface area (Å²) < 4.78 is 29.1. The number of primary amides is 1. The number of fused-ring (bicyclic) bond motifs is 1. The molecule has 23 heavy (non-hydrogen) atoms. The molecule has 0 fully saturated rings. The highest BCUT2D eigenvalue weighted by Crippen LogP contribution is 2.33. The van der Waals surface area contributed by atoms with E-state index in [2.05, 4.69) is 5.32 Å². The average molecular weight is 340 g/mol. The topological polar surface area (TPSA) is 98.5 Å². The zero-order chi connectivity index (χ0) is 17.5. The van der Waals surface area contributed by atoms with Crippen LogP contribution in [0.1, 0.15) is 33.3 Å². The Morgan fingerprint density at radius 1 is 1.39 bits per heavy atom. The van der Waals surface area contributed by atoms with Crippen LogP contribution in [0.25, 0.3) is 0 Å². The molecule has 0 saturated carbocycles. The van der Waals surface area contributed by atoms with E-state index < -0.39 is 26.1 Å². The van der Waals surface area contributed by atoms with Crippen LogP contribution in [0.5, 0.6) is 5.75 Å². The first kappa shape index (κ1) is 17.7. The van der Waals surface area contributed by atoms with Crippen LogP contribution < -0.4 is 15.8 Å². The summed E-state index contributed by atoms with van der Waals surface area (Å²) in [4.78, 5) is 11.4. The summed E-state index contributed by atoms with van der Waals surface area (Å²) in [5, 5.41) is 3.03. The standard InChI is InChI=1S/C16H24N2O4S/c1-15(2)13(9-11-7-5-6-8-12(11)22-15)18-10-23(20,21)16(3,4)14(17)19/h5-8,13,18H,9-10H2,1-4H3,(H2,17,19). The van der Waals surface area contributed by atoms with Gasteiger partial charge in [-0.15, -0.1) is 0 Å². The quantitative estimate of drug-likeness (QED) is 0.833. The second-order valence-corrected chi connectivity index (χ2v) is 9.45. The smallest absolute Gasteiger partial charge is 0.238 e. The Bertz CT molecular complexity index is 711. The molecule has 0 aromatic heterocycles. The molecule has 1 aliphatic rings. The van der Waals surface area contributed by atoms with E-state index in [0.29, 0.717) is 6.42 Å². The normalized spacial score (nSPS) is 20.4. The molecular formula is C16H24N2O4S. The van der Waals surface area contributed by atoms with Gasteiger partial charge in [0, 0.05) is 0 Å². The fourth-order valence-corrected chi connectivity index (χ4v) is 3.54. The van der Waals surface area contributed by atoms with Crippen molar-refractivity contribution in [3.8, 4) is 5.75 Å². The molecule has 128 valence electrons. The number of rotatable bonds is 5. The summed E-state index contributed by atoms with van der Waals surface area (Å²) >= 11 is 0. The summed E-state index contributed by atoms with van der Waals surface area (Å²) in [5.74, 6) is -0.373. The summed E-state index contributed by atoms with van der Waals surface area (Å²) in [6.45, 7) is 6.47. The molecule has 1 heterocycles. The van der Waals surface area contributed by atoms with Crippen LogP contribution in [0.3, 0.4) is 0 Å². The zero-order valence-electron chi connectivity index (χ0n) is 13.9. The Hall–Kier alpha value is -1.60. The Kier molecular flexibility index (Phi) is 4.47. The van der Waals surface area contributed by atoms with Gasteiger partial charge in [-0.1, -0.05) is 18.2 Å². The van der Waals surface area contributed by atoms with Gasteiger partial charge < -0.3 is 10.5 Å². The molecule has 6 nitrogen and oxygen atoms in total. The summed E-state index contributed by atoms with van der Waals surface area (Å²) in [6.07, 6.45) is 0.649. The average Bonchev–Trinajstić information content (AvgIpc) is 2.43. The Morgan fingerprint density at radius 2 is 2.00 bits per heavy atom. The van der Waals surface area contributed by atoms with E-state index in [1.54, 1.807) is 0 Å². The minimum Gasteiger partial charge on any atom is -0.486 e. The first-order valence-corrected chi connectivity index (χ1v) is 9.15. The molecule has 1 aromatic carbocycles. The molecule has 1 aliphatic heterocycles. The van der Waals surface area contributed by atoms with E-state index in [1.807, 2.05) is 38.1 Å². The minimum absolute atomic E-state index is 0.198. The van der Waals surface area contributed by atoms with E-state index in [0.717, 1.165) is 11.3 Å². The highest BCUT2D eigenvalue weighted by molar-refractivity contribution is 7.93. The SMILES string of the molecule is CC1(C)Oc2ccccc2CC1NCS(=O)(=O)C(C)(C)C(N)=O. The lowest BCUT2D eigenvalue weighted by atomic mass is 9.89. The lowest BCUT2D eigenvalue weighted by Gasteiger charge is -2.40. The van der Waals surface area contributed by atoms with Crippen LogP contribution in [0.15, 0.2) is 24.3 Å². The van der Waals surface area contributed by atoms with Crippen molar-refractivity contribution in [2.75, 3.05) is 5.88 Å². The molecule has 0 aliphatic carbocycles. The Morgan fingerprint density at radius 3 is 2.61 bits per heavy atom. The van der Waals surface area contributed by atoms with Crippen LogP contribution in [-0.2, 0) is 21.1 Å². The van der Waals surface area contributed by atoms with Crippen LogP contribution in [0.2, 0.25) is 0 Å². The number of ether oxygens (including phenoxy) is 1. The molecule has 7 heteroatoms. The van der Waals surface area contributed by atoms with Crippen molar-refractivity contribution in [3.05, 3.63) is 29.8 Å². The van der Waals surface area contributed by atoms with Gasteiger partial charge in [-0.3, -0.25) is 10.1 Å². The Balaban J connectivity index is 2.16. The molecule has 1 aromatic rings. The molecule has 0 saturated heterocycles. The second-order valence-electron chi connectivity index (χ2n) is 6.91. The maximum Gasteiger partial charge on any atom is 0.238 e. The largest absolute Gasteiger partial charge is 0.486 e. The van der Waals surface area contributed by atoms with Crippen LogP contribution in [-0.4, -0.2) is 36.6 Å². The molecule has 0 spiro atoms. The van der Waals surface area contributed by atoms with Gasteiger partial charge in [0.2, 0.25) is 5.91 Å². The van der Waals surface area contributed by atoms with E-state index in [4.69, 9.17) is 10.5 Å². The monoisotopic (exact) mass is 340 g/mol. The number of carbonyl (C=O) groups is 1. The van der Waals surface area contributed by atoms with Crippen LogP contribution in [0, 0.1) is 0 Å². The number of hydrogen-bond acceptors (Lipinski definition) is 5. The Labute approximate surface area is 137 Å². The highest BCUT2D eigenvalue weighted by Gasteiger charge is 2.42. The zero-order valence-corrected chi connectivity index (χ0v) is 14.7. The number of hydrogen-bond donors (Lipinski definition) is 2. The van der Waals surface area contributed by atoms with E-state index in [1.165, 1.54) is 13.8 Å². The summed E-state index contributed by atoms with van der Waals surface area (Å²) in [5.41, 5.74) is 5.67. The lowest BCUT2D eigenvalue weighted by molar-refractivity contribution is -0.119. The molecule has 2 rings (SSSR count). The number of sulfone groups is 1. The van der Waals surface area contributed by atoms with Crippen molar-refractivity contribution in [2.24, 2.45) is 5.73 Å². The van der Waals surface area contributed by atoms with Crippen molar-refractivity contribution in [1.29, 1.82) is 0 Å². The van der Waals surface area contributed by atoms with Gasteiger partial charge in [0.25, 0.3) is 0 Å². The molecule has 1 atom stereocenters. The first-order valence-electron chi connectivity index (χ1n) is 7.50. The summed E-state index contributed by atoms with van der Waals surface area (Å²) in [7, 11) is -3.73. The number of nitrogens with two attached hydrogens (primary N) is 1. The lowest BCUT2D eigenvalue weighted by Crippen LogP contribution is -2.57. The fraction of sp³-hybridized carbons (Fsp3) is 0.562. The van der Waals surface area contributed by atoms with Gasteiger partial charge in [-0.2, -0.15) is 0 Å². The van der Waals surface area contributed by atoms with Crippen molar-refractivity contribution in [2.45, 2.75) is 50.5 Å². The molecule has 1 amide bonds. The van der Waals surface area contributed by atoms with Crippen molar-refractivity contribution in [3.63, 3.8) is 0 Å².